The van der Waals surface area contributed by atoms with Crippen molar-refractivity contribution >= 4 is 28.4 Å². The number of fused-ring (bicyclic) bond motifs is 6. The largest absolute Gasteiger partial charge is 0.336 e. The number of nitrogens with zero attached hydrogens (tertiary/aromatic N) is 2. The third-order valence-electron chi connectivity index (χ3n) is 10.6. The van der Waals surface area contributed by atoms with Crippen LogP contribution in [-0.2, 0) is 0 Å². The Morgan fingerprint density at radius 2 is 1.57 bits per heavy atom. The van der Waals surface area contributed by atoms with Crippen LogP contribution in [0.15, 0.2) is 109 Å². The second-order valence-electron chi connectivity index (χ2n) is 13.2. The van der Waals surface area contributed by atoms with Crippen LogP contribution < -0.4 is 4.90 Å². The van der Waals surface area contributed by atoms with Gasteiger partial charge in [-0.2, -0.15) is 0 Å². The minimum atomic E-state index is 0.352. The first-order valence-corrected chi connectivity index (χ1v) is 15.9. The second kappa shape index (κ2) is 9.76. The number of para-hydroxylation sites is 1. The minimum absolute atomic E-state index is 0.352. The monoisotopic (exact) mass is 548 g/mol. The Kier molecular flexibility index (Phi) is 5.96. The van der Waals surface area contributed by atoms with E-state index in [0.717, 1.165) is 12.8 Å². The molecule has 2 heteroatoms. The summed E-state index contributed by atoms with van der Waals surface area (Å²) >= 11 is 0. The molecule has 0 saturated carbocycles. The van der Waals surface area contributed by atoms with Crippen LogP contribution in [0.3, 0.4) is 0 Å². The van der Waals surface area contributed by atoms with Crippen molar-refractivity contribution in [2.45, 2.75) is 58.4 Å². The fourth-order valence-electron chi connectivity index (χ4n) is 8.18. The number of hydrogen-bond acceptors (Lipinski definition) is 1. The Morgan fingerprint density at radius 3 is 2.40 bits per heavy atom. The van der Waals surface area contributed by atoms with Crippen LogP contribution in [-0.4, -0.2) is 4.57 Å². The molecule has 0 radical (unpaired) electrons. The third kappa shape index (κ3) is 3.77. The van der Waals surface area contributed by atoms with Gasteiger partial charge in [-0.15, -0.1) is 0 Å². The number of anilines is 2. The van der Waals surface area contributed by atoms with E-state index in [1.54, 1.807) is 0 Å². The molecule has 42 heavy (non-hydrogen) atoms. The Labute approximate surface area is 250 Å². The zero-order valence-corrected chi connectivity index (χ0v) is 25.2. The zero-order valence-electron chi connectivity index (χ0n) is 25.2. The molecule has 2 heterocycles. The van der Waals surface area contributed by atoms with Crippen LogP contribution >= 0.6 is 0 Å². The molecular weight excluding hydrogens is 508 g/mol. The van der Waals surface area contributed by atoms with Gasteiger partial charge in [0.25, 0.3) is 0 Å². The van der Waals surface area contributed by atoms with Crippen molar-refractivity contribution in [1.82, 2.24) is 4.57 Å². The van der Waals surface area contributed by atoms with Crippen LogP contribution in [0.4, 0.5) is 11.4 Å². The maximum atomic E-state index is 2.65. The van der Waals surface area contributed by atoms with Crippen molar-refractivity contribution < 1.29 is 0 Å². The lowest BCUT2D eigenvalue weighted by atomic mass is 9.74. The summed E-state index contributed by atoms with van der Waals surface area (Å²) in [7, 11) is 0. The van der Waals surface area contributed by atoms with Crippen LogP contribution in [0.5, 0.6) is 0 Å². The topological polar surface area (TPSA) is 8.17 Å². The highest BCUT2D eigenvalue weighted by molar-refractivity contribution is 5.96. The summed E-state index contributed by atoms with van der Waals surface area (Å²) in [5, 5.41) is 1.38. The highest BCUT2D eigenvalue weighted by Gasteiger charge is 2.41. The number of hydrogen-bond donors (Lipinski definition) is 0. The number of aromatic nitrogens is 1. The highest BCUT2D eigenvalue weighted by Crippen LogP contribution is 2.55. The van der Waals surface area contributed by atoms with Crippen LogP contribution in [0.2, 0.25) is 0 Å². The van der Waals surface area contributed by atoms with Crippen molar-refractivity contribution in [2.75, 3.05) is 4.90 Å². The van der Waals surface area contributed by atoms with Gasteiger partial charge < -0.3 is 9.47 Å². The van der Waals surface area contributed by atoms with E-state index in [1.807, 2.05) is 0 Å². The van der Waals surface area contributed by atoms with Crippen LogP contribution in [0.25, 0.3) is 28.1 Å². The van der Waals surface area contributed by atoms with Crippen molar-refractivity contribution in [2.24, 2.45) is 17.8 Å². The highest BCUT2D eigenvalue weighted by atomic mass is 15.2. The van der Waals surface area contributed by atoms with E-state index >= 15 is 0 Å². The Bertz CT molecular complexity index is 1810. The zero-order chi connectivity index (χ0) is 28.5. The van der Waals surface area contributed by atoms with E-state index in [9.17, 15) is 0 Å². The van der Waals surface area contributed by atoms with Gasteiger partial charge in [0.15, 0.2) is 0 Å². The summed E-state index contributed by atoms with van der Waals surface area (Å²) < 4.78 is 2.65. The van der Waals surface area contributed by atoms with Gasteiger partial charge in [-0.3, -0.25) is 0 Å². The van der Waals surface area contributed by atoms with E-state index in [0.29, 0.717) is 35.6 Å². The van der Waals surface area contributed by atoms with Crippen LogP contribution in [0.1, 0.15) is 75.2 Å². The maximum Gasteiger partial charge on any atom is 0.0582 e. The Balaban J connectivity index is 1.28. The molecule has 6 unspecified atom stereocenters. The number of rotatable bonds is 3. The molecular formula is C40H40N2. The van der Waals surface area contributed by atoms with Gasteiger partial charge in [0, 0.05) is 51.1 Å². The van der Waals surface area contributed by atoms with Gasteiger partial charge >= 0.3 is 0 Å². The van der Waals surface area contributed by atoms with E-state index in [-0.39, 0.29) is 0 Å². The Morgan fingerprint density at radius 1 is 0.786 bits per heavy atom. The average Bonchev–Trinajstić information content (AvgIpc) is 3.53. The molecule has 0 amide bonds. The van der Waals surface area contributed by atoms with Crippen molar-refractivity contribution in [1.29, 1.82) is 0 Å². The number of benzene rings is 3. The molecule has 2 nitrogen and oxygen atoms in total. The van der Waals surface area contributed by atoms with Gasteiger partial charge in [-0.1, -0.05) is 101 Å². The van der Waals surface area contributed by atoms with Gasteiger partial charge in [0.05, 0.1) is 6.04 Å². The molecule has 0 saturated heterocycles. The summed E-state index contributed by atoms with van der Waals surface area (Å²) in [6.07, 6.45) is 18.7. The molecule has 1 aromatic heterocycles. The van der Waals surface area contributed by atoms with E-state index < -0.39 is 0 Å². The first kappa shape index (κ1) is 25.7. The molecule has 0 fully saturated rings. The van der Waals surface area contributed by atoms with Gasteiger partial charge in [0.1, 0.15) is 0 Å². The third-order valence-corrected chi connectivity index (χ3v) is 10.6. The molecule has 6 atom stereocenters. The molecule has 210 valence electrons. The normalized spacial score (nSPS) is 27.6. The minimum Gasteiger partial charge on any atom is -0.336 e. The average molecular weight is 549 g/mol. The predicted molar refractivity (Wildman–Crippen MR) is 178 cm³/mol. The lowest BCUT2D eigenvalue weighted by Crippen LogP contribution is -2.25. The van der Waals surface area contributed by atoms with Crippen molar-refractivity contribution in [3.63, 3.8) is 0 Å². The fraction of sp³-hybridized carbons (Fsp3) is 0.300. The van der Waals surface area contributed by atoms with E-state index in [4.69, 9.17) is 0 Å². The van der Waals surface area contributed by atoms with Crippen molar-refractivity contribution in [3.8, 4) is 11.1 Å². The second-order valence-corrected chi connectivity index (χ2v) is 13.2. The van der Waals surface area contributed by atoms with Gasteiger partial charge in [0.2, 0.25) is 0 Å². The molecule has 4 aromatic rings. The van der Waals surface area contributed by atoms with E-state index in [1.165, 1.54) is 55.9 Å². The molecule has 3 aromatic carbocycles. The smallest absolute Gasteiger partial charge is 0.0582 e. The summed E-state index contributed by atoms with van der Waals surface area (Å²) in [6, 6.07) is 25.7. The lowest BCUT2D eigenvalue weighted by molar-refractivity contribution is 0.336. The SMILES string of the molecule is CC1CC=Cc2c1n(C1C=CC=CC1C)c1ccc(-c3ccc4c(c3)C3C(=CCC(C)C3C)N4c3ccccc3)cc21. The Hall–Kier alpha value is -4.04. The standard InChI is InChI=1S/C40H40N2/c1-25-17-20-38-39(28(25)4)34-24-30(19-22-37(34)41(38)31-13-6-5-7-14-31)29-18-21-36-33(23-29)32-15-10-12-27(3)40(32)42(36)35-16-9-8-11-26(35)2/h5-11,13-16,18-28,35,39H,12,17H2,1-4H3. The molecule has 8 rings (SSSR count). The molecule has 0 bridgehead atoms. The summed E-state index contributed by atoms with van der Waals surface area (Å²) in [6.45, 7) is 9.61. The predicted octanol–water partition coefficient (Wildman–Crippen LogP) is 10.9. The van der Waals surface area contributed by atoms with Crippen molar-refractivity contribution in [3.05, 3.63) is 126 Å². The first-order chi connectivity index (χ1) is 20.5. The summed E-state index contributed by atoms with van der Waals surface area (Å²) in [5.41, 5.74) is 12.4. The van der Waals surface area contributed by atoms with Gasteiger partial charge in [-0.05, 0) is 83.7 Å². The van der Waals surface area contributed by atoms with Gasteiger partial charge in [-0.25, -0.2) is 0 Å². The molecule has 3 aliphatic carbocycles. The molecule has 1 aliphatic heterocycles. The summed E-state index contributed by atoms with van der Waals surface area (Å²) in [4.78, 5) is 2.52. The fourth-order valence-corrected chi connectivity index (χ4v) is 8.18. The van der Waals surface area contributed by atoms with Crippen LogP contribution in [0, 0.1) is 17.8 Å². The molecule has 0 N–H and O–H groups in total. The lowest BCUT2D eigenvalue weighted by Gasteiger charge is -2.33. The quantitative estimate of drug-likeness (QED) is 0.247. The maximum absolute atomic E-state index is 2.65. The summed E-state index contributed by atoms with van der Waals surface area (Å²) in [5.74, 6) is 2.68. The first-order valence-electron chi connectivity index (χ1n) is 15.9. The van der Waals surface area contributed by atoms with E-state index in [2.05, 4.69) is 146 Å². The number of allylic oxidation sites excluding steroid dienone is 7. The molecule has 0 spiro atoms. The molecule has 4 aliphatic rings.